The van der Waals surface area contributed by atoms with E-state index in [1.165, 1.54) is 29.7 Å². The van der Waals surface area contributed by atoms with Crippen molar-refractivity contribution >= 4 is 15.4 Å². The third-order valence-corrected chi connectivity index (χ3v) is 4.61. The Bertz CT molecular complexity index is 777. The molecule has 2 aromatic carbocycles. The first-order valence-electron chi connectivity index (χ1n) is 6.00. The van der Waals surface area contributed by atoms with Crippen molar-refractivity contribution in [3.05, 3.63) is 65.3 Å². The van der Waals surface area contributed by atoms with Crippen molar-refractivity contribution in [2.75, 3.05) is 6.61 Å². The Kier molecular flexibility index (Phi) is 3.06. The zero-order chi connectivity index (χ0) is 14.2. The van der Waals surface area contributed by atoms with Gasteiger partial charge >= 0.3 is 0 Å². The summed E-state index contributed by atoms with van der Waals surface area (Å²) >= 11 is 0. The molecule has 0 saturated carbocycles. The van der Waals surface area contributed by atoms with Gasteiger partial charge in [0.1, 0.15) is 18.2 Å². The molecule has 0 aromatic heterocycles. The molecule has 0 amide bonds. The lowest BCUT2D eigenvalue weighted by atomic mass is 10.1. The number of benzene rings is 2. The van der Waals surface area contributed by atoms with Gasteiger partial charge in [-0.2, -0.15) is 0 Å². The molecule has 0 atom stereocenters. The van der Waals surface area contributed by atoms with E-state index in [0.29, 0.717) is 21.8 Å². The minimum atomic E-state index is -3.37. The molecule has 2 aromatic rings. The van der Waals surface area contributed by atoms with Gasteiger partial charge in [0.2, 0.25) is 9.84 Å². The van der Waals surface area contributed by atoms with Crippen molar-refractivity contribution < 1.29 is 17.5 Å². The number of rotatable bonds is 3. The van der Waals surface area contributed by atoms with Crippen LogP contribution in [0, 0.1) is 5.82 Å². The summed E-state index contributed by atoms with van der Waals surface area (Å²) in [5, 5.41) is 1.22. The molecule has 3 nitrogen and oxygen atoms in total. The molecule has 0 spiro atoms. The van der Waals surface area contributed by atoms with Crippen LogP contribution in [0.15, 0.2) is 58.8 Å². The summed E-state index contributed by atoms with van der Waals surface area (Å²) in [6.45, 7) is 0.127. The van der Waals surface area contributed by atoms with E-state index >= 15 is 0 Å². The van der Waals surface area contributed by atoms with Crippen LogP contribution < -0.4 is 4.74 Å². The predicted molar refractivity (Wildman–Crippen MR) is 73.5 cm³/mol. The third-order valence-electron chi connectivity index (χ3n) is 3.04. The molecule has 102 valence electrons. The average molecular weight is 290 g/mol. The highest BCUT2D eigenvalue weighted by atomic mass is 32.2. The number of halogens is 1. The minimum Gasteiger partial charge on any atom is -0.489 e. The number of hydrogen-bond acceptors (Lipinski definition) is 3. The summed E-state index contributed by atoms with van der Waals surface area (Å²) in [5.41, 5.74) is 1.26. The molecular formula is C15H11FO3S. The maximum absolute atomic E-state index is 12.8. The van der Waals surface area contributed by atoms with Crippen molar-refractivity contribution in [3.8, 4) is 5.75 Å². The van der Waals surface area contributed by atoms with Gasteiger partial charge in [-0.15, -0.1) is 0 Å². The first-order valence-corrected chi connectivity index (χ1v) is 7.54. The zero-order valence-corrected chi connectivity index (χ0v) is 11.2. The number of fused-ring (bicyclic) bond motifs is 1. The summed E-state index contributed by atoms with van der Waals surface area (Å²) < 4.78 is 42.2. The predicted octanol–water partition coefficient (Wildman–Crippen LogP) is 3.03. The molecule has 0 unspecified atom stereocenters. The first-order chi connectivity index (χ1) is 9.56. The maximum Gasteiger partial charge on any atom is 0.200 e. The highest BCUT2D eigenvalue weighted by Crippen LogP contribution is 2.33. The van der Waals surface area contributed by atoms with Crippen LogP contribution in [0.3, 0.4) is 0 Å². The Hall–Kier alpha value is -2.14. The normalized spacial score (nSPS) is 15.6. The van der Waals surface area contributed by atoms with Gasteiger partial charge in [0.05, 0.1) is 4.90 Å². The standard InChI is InChI=1S/C15H11FO3S/c16-12-5-7-13(8-6-12)19-9-11-10-20(17,18)15-4-2-1-3-14(11)15/h1-8,10H,9H2. The van der Waals surface area contributed by atoms with Crippen LogP contribution in [0.25, 0.3) is 5.57 Å². The minimum absolute atomic E-state index is 0.127. The Balaban J connectivity index is 1.84. The topological polar surface area (TPSA) is 43.4 Å². The van der Waals surface area contributed by atoms with Crippen LogP contribution in [0.2, 0.25) is 0 Å². The molecule has 1 heterocycles. The van der Waals surface area contributed by atoms with E-state index in [0.717, 1.165) is 0 Å². The number of sulfone groups is 1. The van der Waals surface area contributed by atoms with Gasteiger partial charge in [0, 0.05) is 16.5 Å². The highest BCUT2D eigenvalue weighted by molar-refractivity contribution is 7.95. The first kappa shape index (κ1) is 12.9. The second-order valence-corrected chi connectivity index (χ2v) is 6.19. The molecule has 0 radical (unpaired) electrons. The van der Waals surface area contributed by atoms with Crippen LogP contribution in [0.5, 0.6) is 5.75 Å². The summed E-state index contributed by atoms with van der Waals surface area (Å²) in [7, 11) is -3.37. The molecule has 1 aliphatic rings. The molecule has 1 aliphatic heterocycles. The SMILES string of the molecule is O=S1(=O)C=C(COc2ccc(F)cc2)c2ccccc21. The van der Waals surface area contributed by atoms with Gasteiger partial charge < -0.3 is 4.74 Å². The van der Waals surface area contributed by atoms with Crippen LogP contribution in [-0.2, 0) is 9.84 Å². The quantitative estimate of drug-likeness (QED) is 0.872. The molecular weight excluding hydrogens is 279 g/mol. The van der Waals surface area contributed by atoms with Crippen molar-refractivity contribution in [2.24, 2.45) is 0 Å². The molecule has 0 aliphatic carbocycles. The van der Waals surface area contributed by atoms with Crippen molar-refractivity contribution in [3.63, 3.8) is 0 Å². The van der Waals surface area contributed by atoms with Crippen LogP contribution in [-0.4, -0.2) is 15.0 Å². The van der Waals surface area contributed by atoms with Gasteiger partial charge in [-0.3, -0.25) is 0 Å². The number of ether oxygens (including phenoxy) is 1. The molecule has 20 heavy (non-hydrogen) atoms. The van der Waals surface area contributed by atoms with Crippen molar-refractivity contribution in [1.29, 1.82) is 0 Å². The van der Waals surface area contributed by atoms with Gasteiger partial charge in [-0.25, -0.2) is 12.8 Å². The Morgan fingerprint density at radius 3 is 2.45 bits per heavy atom. The monoisotopic (exact) mass is 290 g/mol. The van der Waals surface area contributed by atoms with Gasteiger partial charge in [0.25, 0.3) is 0 Å². The maximum atomic E-state index is 12.8. The van der Waals surface area contributed by atoms with Crippen molar-refractivity contribution in [2.45, 2.75) is 4.90 Å². The fraction of sp³-hybridized carbons (Fsp3) is 0.0667. The molecule has 3 rings (SSSR count). The van der Waals surface area contributed by atoms with Crippen LogP contribution >= 0.6 is 0 Å². The van der Waals surface area contributed by atoms with Gasteiger partial charge in [-0.05, 0) is 30.3 Å². The Morgan fingerprint density at radius 2 is 1.70 bits per heavy atom. The zero-order valence-electron chi connectivity index (χ0n) is 10.4. The largest absolute Gasteiger partial charge is 0.489 e. The Labute approximate surface area is 116 Å². The van der Waals surface area contributed by atoms with E-state index in [1.54, 1.807) is 24.3 Å². The third kappa shape index (κ3) is 2.32. The van der Waals surface area contributed by atoms with Gasteiger partial charge in [-0.1, -0.05) is 18.2 Å². The van der Waals surface area contributed by atoms with Gasteiger partial charge in [0.15, 0.2) is 0 Å². The van der Waals surface area contributed by atoms with Crippen LogP contribution in [0.1, 0.15) is 5.56 Å². The lowest BCUT2D eigenvalue weighted by Crippen LogP contribution is -1.99. The molecule has 0 bridgehead atoms. The average Bonchev–Trinajstić information content (AvgIpc) is 2.70. The fourth-order valence-electron chi connectivity index (χ4n) is 2.10. The van der Waals surface area contributed by atoms with E-state index in [4.69, 9.17) is 4.74 Å². The van der Waals surface area contributed by atoms with E-state index in [1.807, 2.05) is 0 Å². The van der Waals surface area contributed by atoms with E-state index in [-0.39, 0.29) is 12.4 Å². The van der Waals surface area contributed by atoms with Crippen LogP contribution in [0.4, 0.5) is 4.39 Å². The van der Waals surface area contributed by atoms with Crippen molar-refractivity contribution in [1.82, 2.24) is 0 Å². The summed E-state index contributed by atoms with van der Waals surface area (Å²) in [6.07, 6.45) is 0. The number of hydrogen-bond donors (Lipinski definition) is 0. The molecule has 0 N–H and O–H groups in total. The molecule has 0 saturated heterocycles. The fourth-order valence-corrected chi connectivity index (χ4v) is 3.57. The lowest BCUT2D eigenvalue weighted by molar-refractivity contribution is 0.369. The second-order valence-electron chi connectivity index (χ2n) is 4.43. The van der Waals surface area contributed by atoms with E-state index in [9.17, 15) is 12.8 Å². The summed E-state index contributed by atoms with van der Waals surface area (Å²) in [5.74, 6) is 0.152. The summed E-state index contributed by atoms with van der Waals surface area (Å²) in [6, 6.07) is 12.4. The smallest absolute Gasteiger partial charge is 0.200 e. The second kappa shape index (κ2) is 4.76. The lowest BCUT2D eigenvalue weighted by Gasteiger charge is -2.07. The summed E-state index contributed by atoms with van der Waals surface area (Å²) in [4.78, 5) is 0.303. The molecule has 0 fully saturated rings. The van der Waals surface area contributed by atoms with E-state index in [2.05, 4.69) is 0 Å². The molecule has 5 heteroatoms. The highest BCUT2D eigenvalue weighted by Gasteiger charge is 2.26. The van der Waals surface area contributed by atoms with E-state index < -0.39 is 9.84 Å². The Morgan fingerprint density at radius 1 is 1.00 bits per heavy atom.